The van der Waals surface area contributed by atoms with E-state index in [1.54, 1.807) is 0 Å². The molecule has 3 N–H and O–H groups in total. The molecule has 1 fully saturated rings. The summed E-state index contributed by atoms with van der Waals surface area (Å²) in [6.07, 6.45) is 13.9. The first-order valence-corrected chi connectivity index (χ1v) is 6.44. The lowest BCUT2D eigenvalue weighted by molar-refractivity contribution is 0.389. The van der Waals surface area contributed by atoms with E-state index in [-0.39, 0.29) is 0 Å². The van der Waals surface area contributed by atoms with Crippen LogP contribution >= 0.6 is 0 Å². The molecule has 2 heteroatoms. The SMILES string of the molecule is C=CCCCC(CCC1CCCC1)NN. The minimum Gasteiger partial charge on any atom is -0.271 e. The zero-order chi connectivity index (χ0) is 10.9. The molecule has 0 bridgehead atoms. The van der Waals surface area contributed by atoms with E-state index in [0.717, 1.165) is 12.3 Å². The predicted molar refractivity (Wildman–Crippen MR) is 66.4 cm³/mol. The molecule has 1 saturated carbocycles. The molecule has 2 nitrogen and oxygen atoms in total. The Morgan fingerprint density at radius 3 is 2.67 bits per heavy atom. The fourth-order valence-electron chi connectivity index (χ4n) is 2.56. The summed E-state index contributed by atoms with van der Waals surface area (Å²) in [5.41, 5.74) is 2.95. The highest BCUT2D eigenvalue weighted by molar-refractivity contribution is 4.73. The molecule has 0 aromatic heterocycles. The average Bonchev–Trinajstić information content (AvgIpc) is 2.76. The molecule has 0 heterocycles. The van der Waals surface area contributed by atoms with Crippen molar-refractivity contribution in [3.05, 3.63) is 12.7 Å². The molecule has 0 aliphatic heterocycles. The van der Waals surface area contributed by atoms with Crippen LogP contribution in [0, 0.1) is 5.92 Å². The van der Waals surface area contributed by atoms with Gasteiger partial charge in [-0.25, -0.2) is 0 Å². The Kier molecular flexibility index (Phi) is 6.69. The summed E-state index contributed by atoms with van der Waals surface area (Å²) < 4.78 is 0. The van der Waals surface area contributed by atoms with Crippen LogP contribution in [0.5, 0.6) is 0 Å². The fraction of sp³-hybridized carbons (Fsp3) is 0.846. The van der Waals surface area contributed by atoms with Gasteiger partial charge in [-0.2, -0.15) is 0 Å². The van der Waals surface area contributed by atoms with Crippen molar-refractivity contribution >= 4 is 0 Å². The van der Waals surface area contributed by atoms with Crippen LogP contribution in [-0.4, -0.2) is 6.04 Å². The number of nitrogens with one attached hydrogen (secondary N) is 1. The number of rotatable bonds is 8. The first-order valence-electron chi connectivity index (χ1n) is 6.44. The van der Waals surface area contributed by atoms with Crippen LogP contribution in [0.25, 0.3) is 0 Å². The molecule has 88 valence electrons. The van der Waals surface area contributed by atoms with Crippen molar-refractivity contribution in [3.63, 3.8) is 0 Å². The summed E-state index contributed by atoms with van der Waals surface area (Å²) >= 11 is 0. The molecule has 1 atom stereocenters. The van der Waals surface area contributed by atoms with E-state index in [0.29, 0.717) is 6.04 Å². The lowest BCUT2D eigenvalue weighted by atomic mass is 9.96. The van der Waals surface area contributed by atoms with Crippen LogP contribution in [0.2, 0.25) is 0 Å². The smallest absolute Gasteiger partial charge is 0.0210 e. The number of hydrazine groups is 1. The summed E-state index contributed by atoms with van der Waals surface area (Å²) in [7, 11) is 0. The summed E-state index contributed by atoms with van der Waals surface area (Å²) in [6, 6.07) is 0.519. The van der Waals surface area contributed by atoms with Gasteiger partial charge in [-0.05, 0) is 38.0 Å². The van der Waals surface area contributed by atoms with Gasteiger partial charge in [0, 0.05) is 6.04 Å². The van der Waals surface area contributed by atoms with Crippen molar-refractivity contribution in [1.82, 2.24) is 5.43 Å². The lowest BCUT2D eigenvalue weighted by Crippen LogP contribution is -2.35. The summed E-state index contributed by atoms with van der Waals surface area (Å²) in [6.45, 7) is 3.74. The van der Waals surface area contributed by atoms with Gasteiger partial charge in [-0.3, -0.25) is 11.3 Å². The Balaban J connectivity index is 2.06. The van der Waals surface area contributed by atoms with Crippen LogP contribution in [0.15, 0.2) is 12.7 Å². The molecule has 1 rings (SSSR count). The van der Waals surface area contributed by atoms with Gasteiger partial charge >= 0.3 is 0 Å². The Bertz CT molecular complexity index is 162. The van der Waals surface area contributed by atoms with Crippen LogP contribution in [0.3, 0.4) is 0 Å². The molecular formula is C13H26N2. The van der Waals surface area contributed by atoms with Crippen LogP contribution in [0.1, 0.15) is 57.8 Å². The fourth-order valence-corrected chi connectivity index (χ4v) is 2.56. The van der Waals surface area contributed by atoms with Crippen LogP contribution in [0.4, 0.5) is 0 Å². The maximum atomic E-state index is 5.56. The van der Waals surface area contributed by atoms with E-state index in [1.165, 1.54) is 51.4 Å². The highest BCUT2D eigenvalue weighted by Crippen LogP contribution is 2.29. The van der Waals surface area contributed by atoms with E-state index in [4.69, 9.17) is 5.84 Å². The highest BCUT2D eigenvalue weighted by Gasteiger charge is 2.16. The quantitative estimate of drug-likeness (QED) is 0.279. The largest absolute Gasteiger partial charge is 0.271 e. The minimum absolute atomic E-state index is 0.519. The monoisotopic (exact) mass is 210 g/mol. The first-order chi connectivity index (χ1) is 7.36. The summed E-state index contributed by atoms with van der Waals surface area (Å²) in [4.78, 5) is 0. The van der Waals surface area contributed by atoms with Gasteiger partial charge in [0.25, 0.3) is 0 Å². The second-order valence-corrected chi connectivity index (χ2v) is 4.81. The minimum atomic E-state index is 0.519. The molecule has 0 amide bonds. The topological polar surface area (TPSA) is 38.0 Å². The standard InChI is InChI=1S/C13H26N2/c1-2-3-4-9-13(15-14)11-10-12-7-5-6-8-12/h2,12-13,15H,1,3-11,14H2. The summed E-state index contributed by atoms with van der Waals surface area (Å²) in [5.74, 6) is 6.55. The van der Waals surface area contributed by atoms with Gasteiger partial charge in [0.1, 0.15) is 0 Å². The number of unbranched alkanes of at least 4 members (excludes halogenated alkanes) is 1. The van der Waals surface area contributed by atoms with E-state index in [1.807, 2.05) is 6.08 Å². The molecule has 0 saturated heterocycles. The van der Waals surface area contributed by atoms with E-state index in [2.05, 4.69) is 12.0 Å². The third kappa shape index (κ3) is 5.33. The Hall–Kier alpha value is -0.340. The van der Waals surface area contributed by atoms with Gasteiger partial charge in [0.05, 0.1) is 0 Å². The predicted octanol–water partition coefficient (Wildman–Crippen LogP) is 3.15. The second kappa shape index (κ2) is 7.89. The van der Waals surface area contributed by atoms with Gasteiger partial charge < -0.3 is 0 Å². The zero-order valence-corrected chi connectivity index (χ0v) is 9.88. The highest BCUT2D eigenvalue weighted by atomic mass is 15.2. The van der Waals surface area contributed by atoms with Gasteiger partial charge in [-0.15, -0.1) is 6.58 Å². The number of allylic oxidation sites excluding steroid dienone is 1. The summed E-state index contributed by atoms with van der Waals surface area (Å²) in [5, 5.41) is 0. The number of nitrogens with two attached hydrogens (primary N) is 1. The second-order valence-electron chi connectivity index (χ2n) is 4.81. The molecule has 1 aliphatic rings. The van der Waals surface area contributed by atoms with Gasteiger partial charge in [0.15, 0.2) is 0 Å². The van der Waals surface area contributed by atoms with Gasteiger partial charge in [0.2, 0.25) is 0 Å². The van der Waals surface area contributed by atoms with Crippen molar-refractivity contribution in [2.24, 2.45) is 11.8 Å². The van der Waals surface area contributed by atoms with Crippen molar-refractivity contribution < 1.29 is 0 Å². The molecule has 15 heavy (non-hydrogen) atoms. The van der Waals surface area contributed by atoms with Crippen LogP contribution < -0.4 is 11.3 Å². The molecule has 0 radical (unpaired) electrons. The van der Waals surface area contributed by atoms with Crippen molar-refractivity contribution in [2.45, 2.75) is 63.8 Å². The number of hydrogen-bond acceptors (Lipinski definition) is 2. The van der Waals surface area contributed by atoms with E-state index >= 15 is 0 Å². The van der Waals surface area contributed by atoms with Crippen molar-refractivity contribution in [3.8, 4) is 0 Å². The molecule has 0 spiro atoms. The maximum absolute atomic E-state index is 5.56. The van der Waals surface area contributed by atoms with Crippen LogP contribution in [-0.2, 0) is 0 Å². The average molecular weight is 210 g/mol. The maximum Gasteiger partial charge on any atom is 0.0210 e. The third-order valence-corrected chi connectivity index (χ3v) is 3.59. The Morgan fingerprint density at radius 2 is 2.07 bits per heavy atom. The molecule has 0 aromatic rings. The molecule has 0 aromatic carbocycles. The normalized spacial score (nSPS) is 19.3. The molecule has 1 aliphatic carbocycles. The molecular weight excluding hydrogens is 184 g/mol. The van der Waals surface area contributed by atoms with Crippen molar-refractivity contribution in [2.75, 3.05) is 0 Å². The number of hydrogen-bond donors (Lipinski definition) is 2. The lowest BCUT2D eigenvalue weighted by Gasteiger charge is -2.17. The Morgan fingerprint density at radius 1 is 1.33 bits per heavy atom. The first kappa shape index (κ1) is 12.7. The van der Waals surface area contributed by atoms with Gasteiger partial charge in [-0.1, -0.05) is 31.8 Å². The van der Waals surface area contributed by atoms with E-state index in [9.17, 15) is 0 Å². The third-order valence-electron chi connectivity index (χ3n) is 3.59. The Labute approximate surface area is 94.3 Å². The van der Waals surface area contributed by atoms with Crippen molar-refractivity contribution in [1.29, 1.82) is 0 Å². The molecule has 1 unspecified atom stereocenters. The van der Waals surface area contributed by atoms with E-state index < -0.39 is 0 Å². The zero-order valence-electron chi connectivity index (χ0n) is 9.88.